The molecule has 0 saturated heterocycles. The van der Waals surface area contributed by atoms with Crippen molar-refractivity contribution in [2.45, 2.75) is 18.7 Å². The first-order chi connectivity index (χ1) is 10.7. The van der Waals surface area contributed by atoms with Crippen LogP contribution >= 0.6 is 23.2 Å². The number of carbonyl (C=O) groups is 1. The number of aryl methyl sites for hydroxylation is 1. The van der Waals surface area contributed by atoms with Crippen LogP contribution in [0, 0.1) is 6.92 Å². The van der Waals surface area contributed by atoms with E-state index in [1.54, 1.807) is 25.1 Å². The van der Waals surface area contributed by atoms with Gasteiger partial charge in [-0.1, -0.05) is 29.3 Å². The topological polar surface area (TPSA) is 75.3 Å². The number of hydrogen-bond donors (Lipinski definition) is 2. The van der Waals surface area contributed by atoms with E-state index in [2.05, 4.69) is 10.0 Å². The number of nitrogens with one attached hydrogen (secondary N) is 2. The molecule has 122 valence electrons. The molecule has 2 aromatic carbocycles. The number of amides is 1. The molecular formula is C15H14Cl2N2O3S. The molecule has 0 aromatic heterocycles. The summed E-state index contributed by atoms with van der Waals surface area (Å²) in [5, 5.41) is 2.78. The van der Waals surface area contributed by atoms with Crippen molar-refractivity contribution in [3.63, 3.8) is 0 Å². The number of anilines is 2. The first-order valence-corrected chi connectivity index (χ1v) is 8.79. The number of halogens is 2. The van der Waals surface area contributed by atoms with Crippen molar-refractivity contribution < 1.29 is 13.2 Å². The summed E-state index contributed by atoms with van der Waals surface area (Å²) in [5.74, 6) is -0.202. The third-order valence-corrected chi connectivity index (χ3v) is 5.35. The van der Waals surface area contributed by atoms with Crippen LogP contribution in [0.2, 0.25) is 10.0 Å². The third kappa shape index (κ3) is 4.16. The Bertz CT molecular complexity index is 867. The second kappa shape index (κ2) is 6.78. The van der Waals surface area contributed by atoms with Crippen LogP contribution in [0.15, 0.2) is 41.3 Å². The summed E-state index contributed by atoms with van der Waals surface area (Å²) in [4.78, 5) is 11.0. The van der Waals surface area contributed by atoms with Gasteiger partial charge in [-0.2, -0.15) is 0 Å². The zero-order valence-electron chi connectivity index (χ0n) is 12.4. The van der Waals surface area contributed by atoms with E-state index in [4.69, 9.17) is 23.2 Å². The number of rotatable bonds is 4. The van der Waals surface area contributed by atoms with E-state index >= 15 is 0 Å². The van der Waals surface area contributed by atoms with E-state index in [1.807, 2.05) is 0 Å². The minimum atomic E-state index is -3.87. The largest absolute Gasteiger partial charge is 0.326 e. The molecular weight excluding hydrogens is 359 g/mol. The molecule has 8 heteroatoms. The number of carbonyl (C=O) groups excluding carboxylic acids is 1. The van der Waals surface area contributed by atoms with Crippen LogP contribution in [0.25, 0.3) is 0 Å². The Labute approximate surface area is 144 Å². The lowest BCUT2D eigenvalue weighted by Gasteiger charge is -2.12. The van der Waals surface area contributed by atoms with Gasteiger partial charge in [-0.25, -0.2) is 8.42 Å². The fourth-order valence-electron chi connectivity index (χ4n) is 1.96. The SMILES string of the molecule is CC(=O)Nc1ccc(NS(=O)(=O)c2cccc(Cl)c2Cl)cc1C. The minimum Gasteiger partial charge on any atom is -0.326 e. The monoisotopic (exact) mass is 372 g/mol. The summed E-state index contributed by atoms with van der Waals surface area (Å²) in [6.45, 7) is 3.16. The molecule has 0 fully saturated rings. The molecule has 0 aliphatic carbocycles. The zero-order chi connectivity index (χ0) is 17.2. The molecule has 2 rings (SSSR count). The van der Waals surface area contributed by atoms with Crippen molar-refractivity contribution in [2.24, 2.45) is 0 Å². The molecule has 2 N–H and O–H groups in total. The Morgan fingerprint density at radius 3 is 2.43 bits per heavy atom. The second-order valence-corrected chi connectivity index (χ2v) is 7.30. The number of benzene rings is 2. The molecule has 0 bridgehead atoms. The molecule has 0 atom stereocenters. The molecule has 23 heavy (non-hydrogen) atoms. The lowest BCUT2D eigenvalue weighted by atomic mass is 10.2. The predicted octanol–water partition coefficient (Wildman–Crippen LogP) is 4.06. The van der Waals surface area contributed by atoms with Crippen molar-refractivity contribution in [1.82, 2.24) is 0 Å². The summed E-state index contributed by atoms with van der Waals surface area (Å²) >= 11 is 11.8. The van der Waals surface area contributed by atoms with Gasteiger partial charge in [0.25, 0.3) is 10.0 Å². The molecule has 2 aromatic rings. The van der Waals surface area contributed by atoms with Gasteiger partial charge in [0, 0.05) is 18.3 Å². The summed E-state index contributed by atoms with van der Waals surface area (Å²) < 4.78 is 27.3. The van der Waals surface area contributed by atoms with Gasteiger partial charge in [0.05, 0.1) is 10.0 Å². The summed E-state index contributed by atoms with van der Waals surface area (Å²) in [7, 11) is -3.87. The van der Waals surface area contributed by atoms with Crippen LogP contribution in [0.5, 0.6) is 0 Å². The molecule has 0 heterocycles. The van der Waals surface area contributed by atoms with Crippen LogP contribution in [0.3, 0.4) is 0 Å². The maximum Gasteiger partial charge on any atom is 0.263 e. The Morgan fingerprint density at radius 2 is 1.83 bits per heavy atom. The van der Waals surface area contributed by atoms with E-state index < -0.39 is 10.0 Å². The van der Waals surface area contributed by atoms with Crippen LogP contribution < -0.4 is 10.0 Å². The van der Waals surface area contributed by atoms with Crippen molar-refractivity contribution in [3.05, 3.63) is 52.0 Å². The van der Waals surface area contributed by atoms with E-state index in [0.717, 1.165) is 5.56 Å². The summed E-state index contributed by atoms with van der Waals surface area (Å²) in [6.07, 6.45) is 0. The maximum atomic E-state index is 12.4. The molecule has 0 unspecified atom stereocenters. The molecule has 0 aliphatic rings. The quantitative estimate of drug-likeness (QED) is 0.849. The van der Waals surface area contributed by atoms with Gasteiger partial charge in [0.1, 0.15) is 4.90 Å². The van der Waals surface area contributed by atoms with Gasteiger partial charge in [0.15, 0.2) is 0 Å². The van der Waals surface area contributed by atoms with Gasteiger partial charge >= 0.3 is 0 Å². The second-order valence-electron chi connectivity index (χ2n) is 4.87. The number of hydrogen-bond acceptors (Lipinski definition) is 3. The predicted molar refractivity (Wildman–Crippen MR) is 92.8 cm³/mol. The van der Waals surface area contributed by atoms with Crippen LogP contribution in [-0.2, 0) is 14.8 Å². The summed E-state index contributed by atoms with van der Waals surface area (Å²) in [5.41, 5.74) is 1.69. The fraction of sp³-hybridized carbons (Fsp3) is 0.133. The Kier molecular flexibility index (Phi) is 5.19. The van der Waals surface area contributed by atoms with Crippen molar-refractivity contribution in [3.8, 4) is 0 Å². The fourth-order valence-corrected chi connectivity index (χ4v) is 3.77. The lowest BCUT2D eigenvalue weighted by molar-refractivity contribution is -0.114. The van der Waals surface area contributed by atoms with Gasteiger partial charge in [-0.15, -0.1) is 0 Å². The molecule has 0 saturated carbocycles. The Morgan fingerprint density at radius 1 is 1.13 bits per heavy atom. The lowest BCUT2D eigenvalue weighted by Crippen LogP contribution is -2.14. The highest BCUT2D eigenvalue weighted by Crippen LogP contribution is 2.30. The molecule has 0 spiro atoms. The van der Waals surface area contributed by atoms with Crippen molar-refractivity contribution >= 4 is 50.5 Å². The minimum absolute atomic E-state index is 0.0340. The van der Waals surface area contributed by atoms with E-state index in [0.29, 0.717) is 11.4 Å². The maximum absolute atomic E-state index is 12.4. The molecule has 1 amide bonds. The van der Waals surface area contributed by atoms with Crippen LogP contribution in [0.1, 0.15) is 12.5 Å². The number of sulfonamides is 1. The van der Waals surface area contributed by atoms with Crippen LogP contribution in [-0.4, -0.2) is 14.3 Å². The average molecular weight is 373 g/mol. The van der Waals surface area contributed by atoms with Crippen LogP contribution in [0.4, 0.5) is 11.4 Å². The van der Waals surface area contributed by atoms with Gasteiger partial charge < -0.3 is 5.32 Å². The van der Waals surface area contributed by atoms with Crippen molar-refractivity contribution in [1.29, 1.82) is 0 Å². The Hall–Kier alpha value is -1.76. The highest BCUT2D eigenvalue weighted by molar-refractivity contribution is 7.92. The van der Waals surface area contributed by atoms with Gasteiger partial charge in [0.2, 0.25) is 5.91 Å². The van der Waals surface area contributed by atoms with Gasteiger partial charge in [-0.05, 0) is 42.8 Å². The normalized spacial score (nSPS) is 11.1. The highest BCUT2D eigenvalue weighted by atomic mass is 35.5. The highest BCUT2D eigenvalue weighted by Gasteiger charge is 2.19. The standard InChI is InChI=1S/C15H14Cl2N2O3S/c1-9-8-11(6-7-13(9)18-10(2)20)19-23(21,22)14-5-3-4-12(16)15(14)17/h3-8,19H,1-2H3,(H,18,20). The van der Waals surface area contributed by atoms with Crippen molar-refractivity contribution in [2.75, 3.05) is 10.0 Å². The molecule has 0 aliphatic heterocycles. The van der Waals surface area contributed by atoms with E-state index in [9.17, 15) is 13.2 Å². The smallest absolute Gasteiger partial charge is 0.263 e. The summed E-state index contributed by atoms with van der Waals surface area (Å²) in [6, 6.07) is 9.17. The molecule has 5 nitrogen and oxygen atoms in total. The Balaban J connectivity index is 2.32. The average Bonchev–Trinajstić information content (AvgIpc) is 2.44. The zero-order valence-corrected chi connectivity index (χ0v) is 14.7. The molecule has 0 radical (unpaired) electrons. The first-order valence-electron chi connectivity index (χ1n) is 6.56. The van der Waals surface area contributed by atoms with E-state index in [1.165, 1.54) is 25.1 Å². The van der Waals surface area contributed by atoms with E-state index in [-0.39, 0.29) is 20.8 Å². The third-order valence-electron chi connectivity index (χ3n) is 3.00. The van der Waals surface area contributed by atoms with Gasteiger partial charge in [-0.3, -0.25) is 9.52 Å². The first kappa shape index (κ1) is 17.6.